The molecule has 0 saturated heterocycles. The molecule has 4 nitrogen and oxygen atoms in total. The number of hydrogen-bond acceptors (Lipinski definition) is 3. The van der Waals surface area contributed by atoms with Gasteiger partial charge < -0.3 is 10.1 Å². The van der Waals surface area contributed by atoms with Crippen molar-refractivity contribution in [2.45, 2.75) is 39.2 Å². The average molecular weight is 394 g/mol. The van der Waals surface area contributed by atoms with E-state index in [0.717, 1.165) is 12.0 Å². The smallest absolute Gasteiger partial charge is 0.341 e. The molecule has 0 unspecified atom stereocenters. The van der Waals surface area contributed by atoms with E-state index < -0.39 is 18.0 Å². The lowest BCUT2D eigenvalue weighted by Crippen LogP contribution is -2.30. The predicted molar refractivity (Wildman–Crippen MR) is 105 cm³/mol. The number of ether oxygens (including phenoxy) is 1. The summed E-state index contributed by atoms with van der Waals surface area (Å²) < 4.78 is 5.24. The molecule has 26 heavy (non-hydrogen) atoms. The van der Waals surface area contributed by atoms with Crippen LogP contribution in [-0.4, -0.2) is 18.0 Å². The van der Waals surface area contributed by atoms with Gasteiger partial charge in [-0.25, -0.2) is 4.79 Å². The summed E-state index contributed by atoms with van der Waals surface area (Å²) in [6.45, 7) is 5.68. The molecule has 0 saturated carbocycles. The van der Waals surface area contributed by atoms with Gasteiger partial charge >= 0.3 is 5.97 Å². The lowest BCUT2D eigenvalue weighted by atomic mass is 9.97. The average Bonchev–Trinajstić information content (AvgIpc) is 2.61. The number of carbonyl (C=O) groups is 2. The van der Waals surface area contributed by atoms with Gasteiger partial charge in [-0.15, -0.1) is 0 Å². The number of halogens is 2. The molecule has 2 aromatic rings. The summed E-state index contributed by atoms with van der Waals surface area (Å²) >= 11 is 12.0. The van der Waals surface area contributed by atoms with E-state index in [-0.39, 0.29) is 15.6 Å². The second-order valence-corrected chi connectivity index (χ2v) is 6.84. The van der Waals surface area contributed by atoms with E-state index in [2.05, 4.69) is 19.2 Å². The molecule has 0 fully saturated rings. The first kappa shape index (κ1) is 20.3. The molecule has 6 heteroatoms. The number of rotatable bonds is 6. The Labute approximate surface area is 163 Å². The van der Waals surface area contributed by atoms with Crippen molar-refractivity contribution in [3.05, 3.63) is 63.6 Å². The van der Waals surface area contributed by atoms with Crippen LogP contribution in [0, 0.1) is 0 Å². The number of anilines is 1. The summed E-state index contributed by atoms with van der Waals surface area (Å²) in [5.41, 5.74) is 1.80. The van der Waals surface area contributed by atoms with Gasteiger partial charge in [0.15, 0.2) is 6.10 Å². The molecule has 0 bridgehead atoms. The molecule has 2 rings (SSSR count). The third kappa shape index (κ3) is 4.77. The van der Waals surface area contributed by atoms with Crippen LogP contribution in [0.2, 0.25) is 10.0 Å². The maximum atomic E-state index is 12.5. The number of amides is 1. The summed E-state index contributed by atoms with van der Waals surface area (Å²) in [6.07, 6.45) is -0.0533. The maximum absolute atomic E-state index is 12.5. The zero-order chi connectivity index (χ0) is 19.3. The standard InChI is InChI=1S/C20H21Cl2NO3/c1-4-12(2)14-8-5-6-11-17(14)23-19(24)13(3)26-20(25)18-15(21)9-7-10-16(18)22/h5-13H,4H2,1-3H3,(H,23,24)/t12-,13-/m0/s1. The summed E-state index contributed by atoms with van der Waals surface area (Å²) in [5.74, 6) is -0.859. The number of nitrogens with one attached hydrogen (secondary N) is 1. The quantitative estimate of drug-likeness (QED) is 0.641. The molecular weight excluding hydrogens is 373 g/mol. The van der Waals surface area contributed by atoms with Gasteiger partial charge in [0.1, 0.15) is 0 Å². The molecule has 2 aromatic carbocycles. The minimum Gasteiger partial charge on any atom is -0.449 e. The van der Waals surface area contributed by atoms with Crippen LogP contribution >= 0.6 is 23.2 Å². The molecule has 0 aliphatic rings. The van der Waals surface area contributed by atoms with Crippen molar-refractivity contribution in [3.8, 4) is 0 Å². The molecule has 138 valence electrons. The highest BCUT2D eigenvalue weighted by Crippen LogP contribution is 2.27. The Kier molecular flexibility index (Phi) is 7.06. The topological polar surface area (TPSA) is 55.4 Å². The zero-order valence-electron chi connectivity index (χ0n) is 14.9. The second-order valence-electron chi connectivity index (χ2n) is 6.03. The molecule has 0 radical (unpaired) electrons. The first-order valence-electron chi connectivity index (χ1n) is 8.39. The molecule has 0 aromatic heterocycles. The van der Waals surface area contributed by atoms with Crippen LogP contribution in [0.15, 0.2) is 42.5 Å². The first-order valence-corrected chi connectivity index (χ1v) is 9.15. The fourth-order valence-electron chi connectivity index (χ4n) is 2.46. The van der Waals surface area contributed by atoms with Gasteiger partial charge in [-0.05, 0) is 43.0 Å². The Morgan fingerprint density at radius 1 is 1.04 bits per heavy atom. The van der Waals surface area contributed by atoms with Crippen molar-refractivity contribution in [2.24, 2.45) is 0 Å². The summed E-state index contributed by atoms with van der Waals surface area (Å²) in [6, 6.07) is 12.3. The van der Waals surface area contributed by atoms with Gasteiger partial charge in [-0.3, -0.25) is 4.79 Å². The van der Waals surface area contributed by atoms with Crippen molar-refractivity contribution in [1.82, 2.24) is 0 Å². The normalized spacial score (nSPS) is 13.0. The number of esters is 1. The van der Waals surface area contributed by atoms with Crippen LogP contribution in [0.25, 0.3) is 0 Å². The van der Waals surface area contributed by atoms with E-state index in [1.807, 2.05) is 24.3 Å². The van der Waals surface area contributed by atoms with Crippen molar-refractivity contribution in [3.63, 3.8) is 0 Å². The molecular formula is C20H21Cl2NO3. The maximum Gasteiger partial charge on any atom is 0.341 e. The SMILES string of the molecule is CC[C@H](C)c1ccccc1NC(=O)[C@H](C)OC(=O)c1c(Cl)cccc1Cl. The highest BCUT2D eigenvalue weighted by Gasteiger charge is 2.23. The highest BCUT2D eigenvalue weighted by atomic mass is 35.5. The molecule has 0 heterocycles. The molecule has 2 atom stereocenters. The third-order valence-corrected chi connectivity index (χ3v) is 4.81. The lowest BCUT2D eigenvalue weighted by Gasteiger charge is -2.18. The minimum absolute atomic E-state index is 0.0514. The van der Waals surface area contributed by atoms with E-state index in [1.165, 1.54) is 19.1 Å². The number of hydrogen-bond donors (Lipinski definition) is 1. The summed E-state index contributed by atoms with van der Waals surface area (Å²) in [5, 5.41) is 3.19. The van der Waals surface area contributed by atoms with Crippen LogP contribution in [0.4, 0.5) is 5.69 Å². The van der Waals surface area contributed by atoms with Gasteiger partial charge in [-0.1, -0.05) is 61.3 Å². The van der Waals surface area contributed by atoms with E-state index in [4.69, 9.17) is 27.9 Å². The van der Waals surface area contributed by atoms with Crippen LogP contribution in [-0.2, 0) is 9.53 Å². The Hall–Kier alpha value is -2.04. The number of para-hydroxylation sites is 1. The summed E-state index contributed by atoms with van der Waals surface area (Å²) in [4.78, 5) is 24.8. The van der Waals surface area contributed by atoms with Gasteiger partial charge in [0, 0.05) is 5.69 Å². The minimum atomic E-state index is -1.00. The fourth-order valence-corrected chi connectivity index (χ4v) is 3.01. The van der Waals surface area contributed by atoms with Crippen LogP contribution < -0.4 is 5.32 Å². The Bertz CT molecular complexity index is 787. The Morgan fingerprint density at radius 2 is 1.65 bits per heavy atom. The number of benzene rings is 2. The van der Waals surface area contributed by atoms with E-state index >= 15 is 0 Å². The molecule has 1 N–H and O–H groups in total. The van der Waals surface area contributed by atoms with E-state index in [0.29, 0.717) is 11.6 Å². The largest absolute Gasteiger partial charge is 0.449 e. The highest BCUT2D eigenvalue weighted by molar-refractivity contribution is 6.39. The van der Waals surface area contributed by atoms with Gasteiger partial charge in [0.2, 0.25) is 0 Å². The zero-order valence-corrected chi connectivity index (χ0v) is 16.4. The van der Waals surface area contributed by atoms with Gasteiger partial charge in [0.25, 0.3) is 5.91 Å². The Balaban J connectivity index is 2.10. The van der Waals surface area contributed by atoms with Crippen molar-refractivity contribution in [1.29, 1.82) is 0 Å². The lowest BCUT2D eigenvalue weighted by molar-refractivity contribution is -0.123. The van der Waals surface area contributed by atoms with E-state index in [9.17, 15) is 9.59 Å². The first-order chi connectivity index (χ1) is 12.3. The fraction of sp³-hybridized carbons (Fsp3) is 0.300. The summed E-state index contributed by atoms with van der Waals surface area (Å²) in [7, 11) is 0. The van der Waals surface area contributed by atoms with Crippen LogP contribution in [0.3, 0.4) is 0 Å². The Morgan fingerprint density at radius 3 is 2.27 bits per heavy atom. The van der Waals surface area contributed by atoms with Gasteiger partial charge in [0.05, 0.1) is 15.6 Å². The van der Waals surface area contributed by atoms with Crippen molar-refractivity contribution < 1.29 is 14.3 Å². The molecule has 0 aliphatic heterocycles. The second kappa shape index (κ2) is 9.06. The van der Waals surface area contributed by atoms with Crippen LogP contribution in [0.1, 0.15) is 49.0 Å². The number of carbonyl (C=O) groups excluding carboxylic acids is 2. The third-order valence-electron chi connectivity index (χ3n) is 4.18. The molecule has 0 aliphatic carbocycles. The van der Waals surface area contributed by atoms with Crippen LogP contribution in [0.5, 0.6) is 0 Å². The van der Waals surface area contributed by atoms with E-state index in [1.54, 1.807) is 6.07 Å². The monoisotopic (exact) mass is 393 g/mol. The molecule has 1 amide bonds. The molecule has 0 spiro atoms. The van der Waals surface area contributed by atoms with Crippen molar-refractivity contribution in [2.75, 3.05) is 5.32 Å². The predicted octanol–water partition coefficient (Wildman–Crippen LogP) is 5.69. The van der Waals surface area contributed by atoms with Crippen molar-refractivity contribution >= 4 is 40.8 Å². The van der Waals surface area contributed by atoms with Gasteiger partial charge in [-0.2, -0.15) is 0 Å².